The first-order valence-electron chi connectivity index (χ1n) is 8.59. The highest BCUT2D eigenvalue weighted by molar-refractivity contribution is 14.1. The van der Waals surface area contributed by atoms with E-state index in [0.29, 0.717) is 16.3 Å². The molecule has 0 saturated carbocycles. The van der Waals surface area contributed by atoms with Crippen molar-refractivity contribution in [3.8, 4) is 0 Å². The van der Waals surface area contributed by atoms with E-state index in [-0.39, 0.29) is 12.2 Å². The van der Waals surface area contributed by atoms with E-state index in [4.69, 9.17) is 4.74 Å². The molecule has 2 nitrogen and oxygen atoms in total. The van der Waals surface area contributed by atoms with Crippen LogP contribution in [0, 0.1) is 17.8 Å². The van der Waals surface area contributed by atoms with Crippen molar-refractivity contribution in [2.75, 3.05) is 0 Å². The van der Waals surface area contributed by atoms with Gasteiger partial charge in [-0.3, -0.25) is 0 Å². The van der Waals surface area contributed by atoms with Crippen molar-refractivity contribution in [3.63, 3.8) is 0 Å². The van der Waals surface area contributed by atoms with E-state index in [1.54, 1.807) is 5.57 Å². The van der Waals surface area contributed by atoms with E-state index in [9.17, 15) is 5.11 Å². The maximum absolute atomic E-state index is 9.89. The van der Waals surface area contributed by atoms with E-state index in [1.165, 1.54) is 19.3 Å². The SMILES string of the molecule is C=C1C[C@H](O)C[C@@H](CC[C@@H]2C3CC[C@@H](I)C=C3C=C[C@@H]2C)O1. The maximum Gasteiger partial charge on any atom is 0.101 e. The van der Waals surface area contributed by atoms with Crippen LogP contribution in [-0.2, 0) is 4.74 Å². The number of alkyl halides is 1. The molecule has 1 fully saturated rings. The first kappa shape index (κ1) is 16.6. The number of aliphatic hydroxyl groups excluding tert-OH is 1. The van der Waals surface area contributed by atoms with E-state index >= 15 is 0 Å². The monoisotopic (exact) mass is 414 g/mol. The molecular formula is C19H27IO2. The van der Waals surface area contributed by atoms with E-state index in [0.717, 1.165) is 30.4 Å². The lowest BCUT2D eigenvalue weighted by molar-refractivity contribution is -0.00617. The fourth-order valence-electron chi connectivity index (χ4n) is 4.33. The topological polar surface area (TPSA) is 29.5 Å². The Balaban J connectivity index is 1.63. The van der Waals surface area contributed by atoms with Crippen LogP contribution in [0.2, 0.25) is 0 Å². The van der Waals surface area contributed by atoms with E-state index < -0.39 is 0 Å². The lowest BCUT2D eigenvalue weighted by Crippen LogP contribution is -2.32. The summed E-state index contributed by atoms with van der Waals surface area (Å²) >= 11 is 2.55. The van der Waals surface area contributed by atoms with Gasteiger partial charge in [-0.1, -0.05) is 54.3 Å². The van der Waals surface area contributed by atoms with Crippen molar-refractivity contribution in [2.24, 2.45) is 17.8 Å². The quantitative estimate of drug-likeness (QED) is 0.532. The standard InChI is InChI=1S/C19H27IO2/c1-12-3-4-14-10-15(20)5-7-19(14)18(12)8-6-17-11-16(21)9-13(2)22-17/h3-4,10,12,15-19,21H,2,5-9,11H2,1H3/t12-,15+,16-,17+,18-,19?/m0/s1. The fourth-order valence-corrected chi connectivity index (χ4v) is 5.11. The van der Waals surface area contributed by atoms with Gasteiger partial charge in [-0.25, -0.2) is 0 Å². The number of ether oxygens (including phenoxy) is 1. The molecule has 1 N–H and O–H groups in total. The molecule has 0 aromatic heterocycles. The molecule has 0 aromatic rings. The second-order valence-corrected chi connectivity index (χ2v) is 8.80. The number of aliphatic hydroxyl groups is 1. The van der Waals surface area contributed by atoms with Gasteiger partial charge < -0.3 is 9.84 Å². The van der Waals surface area contributed by atoms with Crippen LogP contribution in [0.15, 0.2) is 36.1 Å². The molecule has 3 aliphatic rings. The predicted octanol–water partition coefficient (Wildman–Crippen LogP) is 4.78. The second kappa shape index (κ2) is 7.08. The number of hydrogen-bond donors (Lipinski definition) is 1. The van der Waals surface area contributed by atoms with Crippen LogP contribution in [0.1, 0.15) is 45.4 Å². The Labute approximate surface area is 147 Å². The average Bonchev–Trinajstić information content (AvgIpc) is 2.45. The van der Waals surface area contributed by atoms with Crippen molar-refractivity contribution in [3.05, 3.63) is 36.1 Å². The van der Waals surface area contributed by atoms with Crippen LogP contribution in [0.5, 0.6) is 0 Å². The number of rotatable bonds is 3. The molecule has 6 atom stereocenters. The molecular weight excluding hydrogens is 387 g/mol. The highest BCUT2D eigenvalue weighted by Crippen LogP contribution is 2.43. The first-order chi connectivity index (χ1) is 10.5. The van der Waals surface area contributed by atoms with Crippen LogP contribution >= 0.6 is 22.6 Å². The molecule has 1 heterocycles. The Morgan fingerprint density at radius 2 is 2.18 bits per heavy atom. The minimum Gasteiger partial charge on any atom is -0.495 e. The number of hydrogen-bond acceptors (Lipinski definition) is 2. The van der Waals surface area contributed by atoms with Crippen LogP contribution in [-0.4, -0.2) is 21.2 Å². The van der Waals surface area contributed by atoms with Gasteiger partial charge in [0.05, 0.1) is 11.9 Å². The molecule has 3 rings (SSSR count). The molecule has 0 aromatic carbocycles. The van der Waals surface area contributed by atoms with Crippen molar-refractivity contribution in [2.45, 2.75) is 61.6 Å². The summed E-state index contributed by atoms with van der Waals surface area (Å²) in [7, 11) is 0. The zero-order valence-electron chi connectivity index (χ0n) is 13.4. The van der Waals surface area contributed by atoms with Crippen molar-refractivity contribution in [1.29, 1.82) is 0 Å². The van der Waals surface area contributed by atoms with Gasteiger partial charge in [0.15, 0.2) is 0 Å². The first-order valence-corrected chi connectivity index (χ1v) is 9.84. The second-order valence-electron chi connectivity index (χ2n) is 7.20. The highest BCUT2D eigenvalue weighted by Gasteiger charge is 2.34. The van der Waals surface area contributed by atoms with E-state index in [1.807, 2.05) is 0 Å². The highest BCUT2D eigenvalue weighted by atomic mass is 127. The third-order valence-corrected chi connectivity index (χ3v) is 6.48. The Hall–Kier alpha value is -0.290. The van der Waals surface area contributed by atoms with Crippen LogP contribution < -0.4 is 0 Å². The predicted molar refractivity (Wildman–Crippen MR) is 98.9 cm³/mol. The lowest BCUT2D eigenvalue weighted by Gasteiger charge is -2.39. The number of allylic oxidation sites excluding steroid dienone is 4. The van der Waals surface area contributed by atoms with Gasteiger partial charge >= 0.3 is 0 Å². The summed E-state index contributed by atoms with van der Waals surface area (Å²) in [4.78, 5) is 0. The Bertz CT molecular complexity index is 482. The third-order valence-electron chi connectivity index (χ3n) is 5.49. The molecule has 0 amide bonds. The summed E-state index contributed by atoms with van der Waals surface area (Å²) in [6.07, 6.45) is 13.3. The summed E-state index contributed by atoms with van der Waals surface area (Å²) < 4.78 is 6.54. The van der Waals surface area contributed by atoms with Gasteiger partial charge in [0.2, 0.25) is 0 Å². The minimum atomic E-state index is -0.264. The molecule has 122 valence electrons. The summed E-state index contributed by atoms with van der Waals surface area (Å²) in [5.41, 5.74) is 1.56. The Morgan fingerprint density at radius 3 is 2.95 bits per heavy atom. The third kappa shape index (κ3) is 3.78. The lowest BCUT2D eigenvalue weighted by atomic mass is 9.68. The molecule has 2 aliphatic carbocycles. The zero-order chi connectivity index (χ0) is 15.7. The fraction of sp³-hybridized carbons (Fsp3) is 0.684. The van der Waals surface area contributed by atoms with Gasteiger partial charge in [-0.2, -0.15) is 0 Å². The van der Waals surface area contributed by atoms with Gasteiger partial charge in [0.1, 0.15) is 6.10 Å². The number of halogens is 1. The molecule has 1 saturated heterocycles. The molecule has 0 spiro atoms. The molecule has 22 heavy (non-hydrogen) atoms. The Kier molecular flexibility index (Phi) is 5.33. The van der Waals surface area contributed by atoms with Crippen molar-refractivity contribution >= 4 is 22.6 Å². The van der Waals surface area contributed by atoms with E-state index in [2.05, 4.69) is 54.3 Å². The number of fused-ring (bicyclic) bond motifs is 1. The zero-order valence-corrected chi connectivity index (χ0v) is 15.5. The largest absolute Gasteiger partial charge is 0.495 e. The summed E-state index contributed by atoms with van der Waals surface area (Å²) in [5, 5.41) is 9.89. The van der Waals surface area contributed by atoms with Crippen LogP contribution in [0.25, 0.3) is 0 Å². The molecule has 1 unspecified atom stereocenters. The summed E-state index contributed by atoms with van der Waals surface area (Å²) in [5.74, 6) is 2.84. The van der Waals surface area contributed by atoms with Gasteiger partial charge in [0, 0.05) is 16.8 Å². The van der Waals surface area contributed by atoms with Crippen LogP contribution in [0.3, 0.4) is 0 Å². The van der Waals surface area contributed by atoms with Gasteiger partial charge in [0.25, 0.3) is 0 Å². The van der Waals surface area contributed by atoms with Crippen molar-refractivity contribution < 1.29 is 9.84 Å². The summed E-state index contributed by atoms with van der Waals surface area (Å²) in [6.45, 7) is 6.25. The molecule has 3 heteroatoms. The summed E-state index contributed by atoms with van der Waals surface area (Å²) in [6, 6.07) is 0. The Morgan fingerprint density at radius 1 is 1.36 bits per heavy atom. The molecule has 0 bridgehead atoms. The van der Waals surface area contributed by atoms with Crippen molar-refractivity contribution in [1.82, 2.24) is 0 Å². The minimum absolute atomic E-state index is 0.155. The van der Waals surface area contributed by atoms with Gasteiger partial charge in [-0.05, 0) is 49.0 Å². The smallest absolute Gasteiger partial charge is 0.101 e. The normalized spacial score (nSPS) is 41.6. The maximum atomic E-state index is 9.89. The average molecular weight is 414 g/mol. The van der Waals surface area contributed by atoms with Crippen LogP contribution in [0.4, 0.5) is 0 Å². The molecule has 1 aliphatic heterocycles. The molecule has 0 radical (unpaired) electrons. The van der Waals surface area contributed by atoms with Gasteiger partial charge in [-0.15, -0.1) is 0 Å².